The van der Waals surface area contributed by atoms with E-state index in [-0.39, 0.29) is 12.2 Å². The van der Waals surface area contributed by atoms with Gasteiger partial charge in [0.25, 0.3) is 0 Å². The van der Waals surface area contributed by atoms with Crippen LogP contribution < -0.4 is 5.32 Å². The molecule has 4 nitrogen and oxygen atoms in total. The summed E-state index contributed by atoms with van der Waals surface area (Å²) in [6, 6.07) is 0. The molecule has 4 heteroatoms. The Bertz CT molecular complexity index is 203. The fourth-order valence-corrected chi connectivity index (χ4v) is 1.84. The van der Waals surface area contributed by atoms with Gasteiger partial charge in [-0.25, -0.2) is 4.79 Å². The molecule has 0 bridgehead atoms. The van der Waals surface area contributed by atoms with Gasteiger partial charge in [-0.05, 0) is 12.8 Å². The number of hydrogen-bond acceptors (Lipinski definition) is 3. The zero-order valence-corrected chi connectivity index (χ0v) is 10.5. The standard InChI is InChI=1S/C12H24N2O2/c1-3-5-6-11(4-2)16-12(15)14-9-7-13-8-10-14/h11,13H,3-10H2,1-2H3. The molecule has 1 N–H and O–H groups in total. The van der Waals surface area contributed by atoms with E-state index in [0.29, 0.717) is 0 Å². The van der Waals surface area contributed by atoms with Crippen LogP contribution in [0.1, 0.15) is 39.5 Å². The summed E-state index contributed by atoms with van der Waals surface area (Å²) in [6.45, 7) is 7.52. The van der Waals surface area contributed by atoms with Crippen molar-refractivity contribution in [1.82, 2.24) is 10.2 Å². The number of nitrogens with zero attached hydrogens (tertiary/aromatic N) is 1. The lowest BCUT2D eigenvalue weighted by molar-refractivity contribution is 0.0532. The zero-order valence-electron chi connectivity index (χ0n) is 10.5. The van der Waals surface area contributed by atoms with E-state index in [4.69, 9.17) is 4.74 Å². The molecule has 1 amide bonds. The number of amides is 1. The zero-order chi connectivity index (χ0) is 11.8. The third kappa shape index (κ3) is 4.39. The van der Waals surface area contributed by atoms with E-state index in [0.717, 1.165) is 51.9 Å². The minimum absolute atomic E-state index is 0.0994. The van der Waals surface area contributed by atoms with Crippen molar-refractivity contribution < 1.29 is 9.53 Å². The molecular weight excluding hydrogens is 204 g/mol. The fourth-order valence-electron chi connectivity index (χ4n) is 1.84. The number of carbonyl (C=O) groups excluding carboxylic acids is 1. The van der Waals surface area contributed by atoms with Gasteiger partial charge in [0, 0.05) is 26.2 Å². The first-order valence-corrected chi connectivity index (χ1v) is 6.44. The Labute approximate surface area is 98.3 Å². The van der Waals surface area contributed by atoms with Crippen LogP contribution in [0.4, 0.5) is 4.79 Å². The van der Waals surface area contributed by atoms with Crippen molar-refractivity contribution in [3.05, 3.63) is 0 Å². The molecule has 1 aliphatic heterocycles. The second-order valence-corrected chi connectivity index (χ2v) is 4.29. The maximum atomic E-state index is 11.8. The highest BCUT2D eigenvalue weighted by molar-refractivity contribution is 5.67. The molecule has 0 aromatic rings. The average Bonchev–Trinajstić information content (AvgIpc) is 2.35. The first-order chi connectivity index (χ1) is 7.77. The summed E-state index contributed by atoms with van der Waals surface area (Å²) in [5, 5.41) is 3.22. The van der Waals surface area contributed by atoms with Crippen LogP contribution in [0.15, 0.2) is 0 Å². The number of rotatable bonds is 5. The van der Waals surface area contributed by atoms with Gasteiger partial charge in [0.15, 0.2) is 0 Å². The number of nitrogens with one attached hydrogen (secondary N) is 1. The number of unbranched alkanes of at least 4 members (excludes halogenated alkanes) is 1. The molecule has 0 aromatic heterocycles. The predicted molar refractivity (Wildman–Crippen MR) is 64.5 cm³/mol. The number of hydrogen-bond donors (Lipinski definition) is 1. The summed E-state index contributed by atoms with van der Waals surface area (Å²) in [4.78, 5) is 13.6. The van der Waals surface area contributed by atoms with E-state index in [1.165, 1.54) is 0 Å². The van der Waals surface area contributed by atoms with Gasteiger partial charge in [-0.1, -0.05) is 26.7 Å². The summed E-state index contributed by atoms with van der Waals surface area (Å²) in [7, 11) is 0. The van der Waals surface area contributed by atoms with E-state index < -0.39 is 0 Å². The van der Waals surface area contributed by atoms with Crippen molar-refractivity contribution in [3.63, 3.8) is 0 Å². The van der Waals surface area contributed by atoms with Gasteiger partial charge in [-0.2, -0.15) is 0 Å². The SMILES string of the molecule is CCCCC(CC)OC(=O)N1CCNCC1. The maximum Gasteiger partial charge on any atom is 0.410 e. The van der Waals surface area contributed by atoms with E-state index in [1.54, 1.807) is 4.90 Å². The van der Waals surface area contributed by atoms with Crippen molar-refractivity contribution in [3.8, 4) is 0 Å². The van der Waals surface area contributed by atoms with Crippen molar-refractivity contribution in [2.24, 2.45) is 0 Å². The minimum atomic E-state index is -0.135. The molecule has 0 aromatic carbocycles. The quantitative estimate of drug-likeness (QED) is 0.782. The van der Waals surface area contributed by atoms with Crippen LogP contribution in [-0.4, -0.2) is 43.3 Å². The van der Waals surface area contributed by atoms with Gasteiger partial charge >= 0.3 is 6.09 Å². The molecule has 0 saturated carbocycles. The molecule has 1 aliphatic rings. The van der Waals surface area contributed by atoms with Gasteiger partial charge in [-0.15, -0.1) is 0 Å². The molecule has 1 atom stereocenters. The second kappa shape index (κ2) is 7.49. The molecule has 1 fully saturated rings. The molecule has 1 saturated heterocycles. The summed E-state index contributed by atoms with van der Waals surface area (Å²) in [5.74, 6) is 0. The van der Waals surface area contributed by atoms with E-state index >= 15 is 0 Å². The topological polar surface area (TPSA) is 41.6 Å². The minimum Gasteiger partial charge on any atom is -0.446 e. The van der Waals surface area contributed by atoms with Gasteiger partial charge < -0.3 is 15.0 Å². The monoisotopic (exact) mass is 228 g/mol. The average molecular weight is 228 g/mol. The van der Waals surface area contributed by atoms with Crippen LogP contribution in [0.3, 0.4) is 0 Å². The van der Waals surface area contributed by atoms with Gasteiger partial charge in [0.05, 0.1) is 0 Å². The fraction of sp³-hybridized carbons (Fsp3) is 0.917. The van der Waals surface area contributed by atoms with Crippen LogP contribution in [0.2, 0.25) is 0 Å². The molecule has 16 heavy (non-hydrogen) atoms. The Balaban J connectivity index is 2.29. The first-order valence-electron chi connectivity index (χ1n) is 6.44. The van der Waals surface area contributed by atoms with Crippen molar-refractivity contribution >= 4 is 6.09 Å². The third-order valence-corrected chi connectivity index (χ3v) is 2.98. The highest BCUT2D eigenvalue weighted by Gasteiger charge is 2.20. The molecule has 1 rings (SSSR count). The normalized spacial score (nSPS) is 18.2. The largest absolute Gasteiger partial charge is 0.446 e. The Hall–Kier alpha value is -0.770. The predicted octanol–water partition coefficient (Wildman–Crippen LogP) is 2.00. The first kappa shape index (κ1) is 13.3. The molecule has 94 valence electrons. The summed E-state index contributed by atoms with van der Waals surface area (Å²) in [5.41, 5.74) is 0. The summed E-state index contributed by atoms with van der Waals surface area (Å²) in [6.07, 6.45) is 4.16. The lowest BCUT2D eigenvalue weighted by atomic mass is 10.1. The Morgan fingerprint density at radius 2 is 2.06 bits per heavy atom. The van der Waals surface area contributed by atoms with Gasteiger partial charge in [0.1, 0.15) is 6.10 Å². The van der Waals surface area contributed by atoms with Crippen LogP contribution in [0.5, 0.6) is 0 Å². The van der Waals surface area contributed by atoms with Crippen LogP contribution >= 0.6 is 0 Å². The molecule has 1 unspecified atom stereocenters. The Kier molecular flexibility index (Phi) is 6.23. The summed E-state index contributed by atoms with van der Waals surface area (Å²) >= 11 is 0. The second-order valence-electron chi connectivity index (χ2n) is 4.29. The van der Waals surface area contributed by atoms with E-state index in [2.05, 4.69) is 19.2 Å². The summed E-state index contributed by atoms with van der Waals surface area (Å²) < 4.78 is 5.50. The van der Waals surface area contributed by atoms with Crippen molar-refractivity contribution in [1.29, 1.82) is 0 Å². The lowest BCUT2D eigenvalue weighted by Gasteiger charge is -2.28. The highest BCUT2D eigenvalue weighted by atomic mass is 16.6. The van der Waals surface area contributed by atoms with Crippen LogP contribution in [0.25, 0.3) is 0 Å². The van der Waals surface area contributed by atoms with E-state index in [9.17, 15) is 4.79 Å². The Morgan fingerprint density at radius 1 is 1.38 bits per heavy atom. The maximum absolute atomic E-state index is 11.8. The van der Waals surface area contributed by atoms with Crippen molar-refractivity contribution in [2.75, 3.05) is 26.2 Å². The highest BCUT2D eigenvalue weighted by Crippen LogP contribution is 2.10. The molecule has 0 radical (unpaired) electrons. The van der Waals surface area contributed by atoms with E-state index in [1.807, 2.05) is 0 Å². The molecule has 0 aliphatic carbocycles. The van der Waals surface area contributed by atoms with Gasteiger partial charge in [-0.3, -0.25) is 0 Å². The Morgan fingerprint density at radius 3 is 2.62 bits per heavy atom. The molecular formula is C12H24N2O2. The molecule has 0 spiro atoms. The van der Waals surface area contributed by atoms with Crippen molar-refractivity contribution in [2.45, 2.75) is 45.6 Å². The number of piperazine rings is 1. The third-order valence-electron chi connectivity index (χ3n) is 2.98. The number of ether oxygens (including phenoxy) is 1. The lowest BCUT2D eigenvalue weighted by Crippen LogP contribution is -2.47. The number of carbonyl (C=O) groups is 1. The molecule has 1 heterocycles. The van der Waals surface area contributed by atoms with Crippen LogP contribution in [0, 0.1) is 0 Å². The van der Waals surface area contributed by atoms with Gasteiger partial charge in [0.2, 0.25) is 0 Å². The smallest absolute Gasteiger partial charge is 0.410 e. The van der Waals surface area contributed by atoms with Crippen LogP contribution in [-0.2, 0) is 4.74 Å².